The Morgan fingerprint density at radius 2 is 1.62 bits per heavy atom. The second-order valence-corrected chi connectivity index (χ2v) is 4.76. The van der Waals surface area contributed by atoms with Gasteiger partial charge in [0, 0.05) is 52.2 Å². The molecule has 0 amide bonds. The van der Waals surface area contributed by atoms with E-state index in [4.69, 9.17) is 11.1 Å². The summed E-state index contributed by atoms with van der Waals surface area (Å²) in [6.45, 7) is 7.75. The van der Waals surface area contributed by atoms with Crippen molar-refractivity contribution in [1.82, 2.24) is 14.7 Å². The number of hydrogen-bond donors (Lipinski definition) is 2. The van der Waals surface area contributed by atoms with Crippen LogP contribution in [-0.2, 0) is 0 Å². The third-order valence-electron chi connectivity index (χ3n) is 3.03. The minimum absolute atomic E-state index is 0.301. The van der Waals surface area contributed by atoms with Crippen molar-refractivity contribution in [3.05, 3.63) is 0 Å². The average molecular weight is 227 g/mol. The van der Waals surface area contributed by atoms with Crippen molar-refractivity contribution < 1.29 is 0 Å². The van der Waals surface area contributed by atoms with Gasteiger partial charge in [0.25, 0.3) is 0 Å². The van der Waals surface area contributed by atoms with E-state index in [2.05, 4.69) is 28.8 Å². The highest BCUT2D eigenvalue weighted by Gasteiger charge is 2.16. The Kier molecular flexibility index (Phi) is 5.73. The number of nitrogens with one attached hydrogen (secondary N) is 1. The van der Waals surface area contributed by atoms with Crippen LogP contribution in [0.1, 0.15) is 6.42 Å². The predicted molar refractivity (Wildman–Crippen MR) is 68.0 cm³/mol. The lowest BCUT2D eigenvalue weighted by Gasteiger charge is -2.35. The standard InChI is InChI=1S/C11H25N5/c1-14(2)5-6-16-9-7-15(8-10-16)4-3-11(12)13/h3-10H2,1-2H3,(H3,12,13). The molecule has 94 valence electrons. The molecule has 3 N–H and O–H groups in total. The van der Waals surface area contributed by atoms with Gasteiger partial charge >= 0.3 is 0 Å². The van der Waals surface area contributed by atoms with Gasteiger partial charge in [0.2, 0.25) is 0 Å². The molecule has 1 rings (SSSR count). The van der Waals surface area contributed by atoms with Gasteiger partial charge in [-0.3, -0.25) is 10.3 Å². The zero-order valence-electron chi connectivity index (χ0n) is 10.6. The van der Waals surface area contributed by atoms with Gasteiger partial charge in [0.05, 0.1) is 5.84 Å². The number of rotatable bonds is 6. The van der Waals surface area contributed by atoms with E-state index < -0.39 is 0 Å². The van der Waals surface area contributed by atoms with Crippen LogP contribution in [0.5, 0.6) is 0 Å². The van der Waals surface area contributed by atoms with Crippen LogP contribution >= 0.6 is 0 Å². The van der Waals surface area contributed by atoms with Crippen molar-refractivity contribution >= 4 is 5.84 Å². The van der Waals surface area contributed by atoms with Gasteiger partial charge in [-0.25, -0.2) is 0 Å². The number of piperazine rings is 1. The summed E-state index contributed by atoms with van der Waals surface area (Å²) in [5.41, 5.74) is 5.36. The summed E-state index contributed by atoms with van der Waals surface area (Å²) >= 11 is 0. The maximum absolute atomic E-state index is 7.20. The Labute approximate surface area is 98.7 Å². The van der Waals surface area contributed by atoms with Gasteiger partial charge in [-0.2, -0.15) is 0 Å². The Morgan fingerprint density at radius 3 is 2.06 bits per heavy atom. The molecule has 0 spiro atoms. The smallest absolute Gasteiger partial charge is 0.0918 e. The summed E-state index contributed by atoms with van der Waals surface area (Å²) in [4.78, 5) is 7.12. The van der Waals surface area contributed by atoms with Gasteiger partial charge in [-0.05, 0) is 14.1 Å². The quantitative estimate of drug-likeness (QED) is 0.474. The first-order valence-corrected chi connectivity index (χ1v) is 6.00. The molecule has 0 aromatic carbocycles. The summed E-state index contributed by atoms with van der Waals surface area (Å²) in [7, 11) is 4.23. The molecule has 5 nitrogen and oxygen atoms in total. The molecule has 1 fully saturated rings. The number of hydrogen-bond acceptors (Lipinski definition) is 4. The second-order valence-electron chi connectivity index (χ2n) is 4.76. The SMILES string of the molecule is CN(C)CCN1CCN(CCC(=N)N)CC1. The summed E-state index contributed by atoms with van der Waals surface area (Å²) in [6.07, 6.45) is 0.706. The molecule has 0 aliphatic carbocycles. The molecule has 0 saturated carbocycles. The molecule has 0 radical (unpaired) electrons. The van der Waals surface area contributed by atoms with E-state index in [0.717, 1.165) is 45.8 Å². The van der Waals surface area contributed by atoms with E-state index in [9.17, 15) is 0 Å². The maximum atomic E-state index is 7.20. The Balaban J connectivity index is 2.11. The van der Waals surface area contributed by atoms with E-state index in [-0.39, 0.29) is 0 Å². The molecule has 0 atom stereocenters. The van der Waals surface area contributed by atoms with Gasteiger partial charge < -0.3 is 15.5 Å². The highest BCUT2D eigenvalue weighted by atomic mass is 15.3. The first kappa shape index (κ1) is 13.4. The molecular formula is C11H25N5. The van der Waals surface area contributed by atoms with Crippen molar-refractivity contribution in [2.75, 3.05) is 59.9 Å². The van der Waals surface area contributed by atoms with Gasteiger partial charge in [0.15, 0.2) is 0 Å². The minimum atomic E-state index is 0.301. The van der Waals surface area contributed by atoms with Crippen LogP contribution in [0.3, 0.4) is 0 Å². The van der Waals surface area contributed by atoms with Crippen LogP contribution in [0.25, 0.3) is 0 Å². The van der Waals surface area contributed by atoms with Crippen molar-refractivity contribution in [1.29, 1.82) is 5.41 Å². The number of amidine groups is 1. The van der Waals surface area contributed by atoms with Crippen LogP contribution in [0.15, 0.2) is 0 Å². The lowest BCUT2D eigenvalue weighted by molar-refractivity contribution is 0.127. The fourth-order valence-corrected chi connectivity index (χ4v) is 1.86. The minimum Gasteiger partial charge on any atom is -0.388 e. The van der Waals surface area contributed by atoms with Crippen molar-refractivity contribution in [2.45, 2.75) is 6.42 Å². The fraction of sp³-hybridized carbons (Fsp3) is 0.909. The fourth-order valence-electron chi connectivity index (χ4n) is 1.86. The molecule has 1 heterocycles. The Bertz CT molecular complexity index is 208. The highest BCUT2D eigenvalue weighted by Crippen LogP contribution is 2.02. The van der Waals surface area contributed by atoms with Crippen molar-refractivity contribution in [2.24, 2.45) is 5.73 Å². The van der Waals surface area contributed by atoms with E-state index in [1.807, 2.05) is 0 Å². The number of nitrogens with zero attached hydrogens (tertiary/aromatic N) is 3. The molecule has 1 aliphatic heterocycles. The Morgan fingerprint density at radius 1 is 1.12 bits per heavy atom. The molecule has 1 saturated heterocycles. The van der Waals surface area contributed by atoms with Crippen LogP contribution < -0.4 is 5.73 Å². The normalized spacial score (nSPS) is 19.2. The molecule has 0 bridgehead atoms. The number of likely N-dealkylation sites (N-methyl/N-ethyl adjacent to an activating group) is 1. The van der Waals surface area contributed by atoms with Crippen LogP contribution in [0, 0.1) is 5.41 Å². The van der Waals surface area contributed by atoms with Gasteiger partial charge in [-0.15, -0.1) is 0 Å². The van der Waals surface area contributed by atoms with E-state index in [1.54, 1.807) is 0 Å². The largest absolute Gasteiger partial charge is 0.388 e. The number of nitrogens with two attached hydrogens (primary N) is 1. The molecule has 1 aliphatic rings. The van der Waals surface area contributed by atoms with E-state index in [1.165, 1.54) is 0 Å². The topological polar surface area (TPSA) is 59.6 Å². The van der Waals surface area contributed by atoms with Crippen molar-refractivity contribution in [3.8, 4) is 0 Å². The monoisotopic (exact) mass is 227 g/mol. The summed E-state index contributed by atoms with van der Waals surface area (Å²) < 4.78 is 0. The van der Waals surface area contributed by atoms with E-state index >= 15 is 0 Å². The van der Waals surface area contributed by atoms with E-state index in [0.29, 0.717) is 12.3 Å². The third kappa shape index (κ3) is 5.44. The summed E-state index contributed by atoms with van der Waals surface area (Å²) in [5, 5.41) is 7.20. The second kappa shape index (κ2) is 6.83. The zero-order chi connectivity index (χ0) is 12.0. The zero-order valence-corrected chi connectivity index (χ0v) is 10.6. The lowest BCUT2D eigenvalue weighted by Crippen LogP contribution is -2.48. The molecule has 5 heteroatoms. The van der Waals surface area contributed by atoms with Crippen molar-refractivity contribution in [3.63, 3.8) is 0 Å². The average Bonchev–Trinajstić information content (AvgIpc) is 2.25. The summed E-state index contributed by atoms with van der Waals surface area (Å²) in [5.74, 6) is 0.301. The van der Waals surface area contributed by atoms with Crippen LogP contribution in [0.4, 0.5) is 0 Å². The molecular weight excluding hydrogens is 202 g/mol. The summed E-state index contributed by atoms with van der Waals surface area (Å²) in [6, 6.07) is 0. The third-order valence-corrected chi connectivity index (χ3v) is 3.03. The molecule has 0 aromatic rings. The first-order chi connectivity index (χ1) is 7.58. The van der Waals surface area contributed by atoms with Gasteiger partial charge in [0.1, 0.15) is 0 Å². The molecule has 16 heavy (non-hydrogen) atoms. The maximum Gasteiger partial charge on any atom is 0.0918 e. The lowest BCUT2D eigenvalue weighted by atomic mass is 10.3. The van der Waals surface area contributed by atoms with Crippen LogP contribution in [-0.4, -0.2) is 80.4 Å². The molecule has 0 unspecified atom stereocenters. The van der Waals surface area contributed by atoms with Gasteiger partial charge in [-0.1, -0.05) is 0 Å². The Hall–Kier alpha value is -0.650. The van der Waals surface area contributed by atoms with Crippen LogP contribution in [0.2, 0.25) is 0 Å². The highest BCUT2D eigenvalue weighted by molar-refractivity contribution is 5.76. The predicted octanol–water partition coefficient (Wildman–Crippen LogP) is -0.508. The first-order valence-electron chi connectivity index (χ1n) is 6.00. The molecule has 0 aromatic heterocycles.